The number of pyridine rings is 1. The first-order valence-corrected chi connectivity index (χ1v) is 7.27. The van der Waals surface area contributed by atoms with Crippen LogP contribution in [0.15, 0.2) is 61.1 Å². The summed E-state index contributed by atoms with van der Waals surface area (Å²) in [6.07, 6.45) is 4.83. The van der Waals surface area contributed by atoms with Crippen molar-refractivity contribution in [1.29, 1.82) is 0 Å². The molecular weight excluding hydrogens is 290 g/mol. The highest BCUT2D eigenvalue weighted by atomic mass is 16.1. The van der Waals surface area contributed by atoms with Crippen molar-refractivity contribution < 1.29 is 4.79 Å². The minimum Gasteiger partial charge on any atom is -0.326 e. The summed E-state index contributed by atoms with van der Waals surface area (Å²) in [4.78, 5) is 16.4. The van der Waals surface area contributed by atoms with E-state index in [1.807, 2.05) is 30.3 Å². The Labute approximate surface area is 134 Å². The van der Waals surface area contributed by atoms with E-state index in [9.17, 15) is 4.79 Å². The molecule has 23 heavy (non-hydrogen) atoms. The summed E-state index contributed by atoms with van der Waals surface area (Å²) in [5.41, 5.74) is 7.98. The third-order valence-electron chi connectivity index (χ3n) is 3.43. The number of rotatable bonds is 5. The molecule has 0 atom stereocenters. The molecule has 3 aromatic rings. The molecule has 3 N–H and O–H groups in total. The number of carbonyl (C=O) groups excluding carboxylic acids is 1. The fourth-order valence-electron chi connectivity index (χ4n) is 2.23. The van der Waals surface area contributed by atoms with Gasteiger partial charge in [0.1, 0.15) is 5.82 Å². The molecule has 0 unspecified atom stereocenters. The molecule has 0 spiro atoms. The summed E-state index contributed by atoms with van der Waals surface area (Å²) in [5, 5.41) is 7.12. The molecule has 1 amide bonds. The van der Waals surface area contributed by atoms with E-state index in [0.717, 1.165) is 11.1 Å². The second-order valence-corrected chi connectivity index (χ2v) is 5.10. The van der Waals surface area contributed by atoms with Crippen molar-refractivity contribution in [3.8, 4) is 0 Å². The number of nitrogens with zero attached hydrogens (tertiary/aromatic N) is 3. The van der Waals surface area contributed by atoms with E-state index in [1.54, 1.807) is 29.2 Å². The molecule has 0 bridgehead atoms. The highest BCUT2D eigenvalue weighted by molar-refractivity contribution is 6.03. The Kier molecular flexibility index (Phi) is 4.44. The molecule has 3 rings (SSSR count). The summed E-state index contributed by atoms with van der Waals surface area (Å²) in [6.45, 7) is 0.935. The number of hydrogen-bond donors (Lipinski definition) is 2. The maximum atomic E-state index is 12.4. The van der Waals surface area contributed by atoms with E-state index in [4.69, 9.17) is 5.73 Å². The summed E-state index contributed by atoms with van der Waals surface area (Å²) < 4.78 is 1.74. The first-order chi connectivity index (χ1) is 11.3. The molecule has 0 aliphatic heterocycles. The van der Waals surface area contributed by atoms with E-state index in [2.05, 4.69) is 15.4 Å². The van der Waals surface area contributed by atoms with Crippen molar-refractivity contribution in [3.63, 3.8) is 0 Å². The average molecular weight is 307 g/mol. The lowest BCUT2D eigenvalue weighted by atomic mass is 10.2. The number of nitrogens with one attached hydrogen (secondary N) is 1. The Morgan fingerprint density at radius 2 is 1.96 bits per heavy atom. The largest absolute Gasteiger partial charge is 0.326 e. The van der Waals surface area contributed by atoms with Crippen molar-refractivity contribution in [3.05, 3.63) is 77.7 Å². The first kappa shape index (κ1) is 14.9. The van der Waals surface area contributed by atoms with E-state index < -0.39 is 0 Å². The Morgan fingerprint density at radius 3 is 2.74 bits per heavy atom. The zero-order valence-electron chi connectivity index (χ0n) is 12.5. The second-order valence-electron chi connectivity index (χ2n) is 5.10. The van der Waals surface area contributed by atoms with E-state index in [0.29, 0.717) is 24.5 Å². The molecule has 2 heterocycles. The number of nitrogens with two attached hydrogens (primary N) is 1. The number of benzene rings is 1. The van der Waals surface area contributed by atoms with Crippen LogP contribution in [-0.4, -0.2) is 20.7 Å². The van der Waals surface area contributed by atoms with Crippen LogP contribution in [-0.2, 0) is 13.1 Å². The molecule has 0 radical (unpaired) electrons. The first-order valence-electron chi connectivity index (χ1n) is 7.27. The minimum absolute atomic E-state index is 0.234. The molecule has 0 fully saturated rings. The van der Waals surface area contributed by atoms with Crippen LogP contribution in [0, 0.1) is 0 Å². The van der Waals surface area contributed by atoms with Gasteiger partial charge in [-0.25, -0.2) is 4.68 Å². The molecular formula is C17H17N5O. The summed E-state index contributed by atoms with van der Waals surface area (Å²) in [7, 11) is 0. The van der Waals surface area contributed by atoms with Gasteiger partial charge in [0.05, 0.1) is 18.3 Å². The van der Waals surface area contributed by atoms with Gasteiger partial charge < -0.3 is 11.1 Å². The third-order valence-corrected chi connectivity index (χ3v) is 3.43. The highest BCUT2D eigenvalue weighted by Gasteiger charge is 2.10. The van der Waals surface area contributed by atoms with Crippen molar-refractivity contribution in [2.45, 2.75) is 13.1 Å². The van der Waals surface area contributed by atoms with Gasteiger partial charge in [-0.05, 0) is 17.2 Å². The van der Waals surface area contributed by atoms with Crippen LogP contribution < -0.4 is 11.1 Å². The van der Waals surface area contributed by atoms with Crippen LogP contribution >= 0.6 is 0 Å². The molecule has 0 aliphatic carbocycles. The lowest BCUT2D eigenvalue weighted by Gasteiger charge is -2.09. The molecule has 6 heteroatoms. The van der Waals surface area contributed by atoms with Crippen LogP contribution in [0.1, 0.15) is 21.5 Å². The molecule has 0 saturated carbocycles. The van der Waals surface area contributed by atoms with Crippen molar-refractivity contribution in [2.24, 2.45) is 5.73 Å². The SMILES string of the molecule is NCc1cncc(C(=O)Nc2ccnn2Cc2ccccc2)c1. The van der Waals surface area contributed by atoms with Crippen molar-refractivity contribution in [2.75, 3.05) is 5.32 Å². The van der Waals surface area contributed by atoms with Gasteiger partial charge >= 0.3 is 0 Å². The Morgan fingerprint density at radius 1 is 1.13 bits per heavy atom. The third kappa shape index (κ3) is 3.61. The lowest BCUT2D eigenvalue weighted by molar-refractivity contribution is 0.102. The second kappa shape index (κ2) is 6.85. The quantitative estimate of drug-likeness (QED) is 0.755. The van der Waals surface area contributed by atoms with Crippen LogP contribution in [0.2, 0.25) is 0 Å². The Hall–Kier alpha value is -2.99. The van der Waals surface area contributed by atoms with Gasteiger partial charge in [0, 0.05) is 25.0 Å². The zero-order valence-corrected chi connectivity index (χ0v) is 12.5. The van der Waals surface area contributed by atoms with Crippen LogP contribution in [0.4, 0.5) is 5.82 Å². The molecule has 0 aliphatic rings. The van der Waals surface area contributed by atoms with E-state index in [1.165, 1.54) is 6.20 Å². The van der Waals surface area contributed by atoms with Crippen molar-refractivity contribution in [1.82, 2.24) is 14.8 Å². The van der Waals surface area contributed by atoms with Gasteiger partial charge in [-0.15, -0.1) is 0 Å². The van der Waals surface area contributed by atoms with Gasteiger partial charge in [-0.3, -0.25) is 9.78 Å². The maximum Gasteiger partial charge on any atom is 0.258 e. The standard InChI is InChI=1S/C17H17N5O/c18-9-14-8-15(11-19-10-14)17(23)21-16-6-7-20-22(16)12-13-4-2-1-3-5-13/h1-8,10-11H,9,12,18H2,(H,21,23). The number of aromatic nitrogens is 3. The van der Waals surface area contributed by atoms with Crippen LogP contribution in [0.5, 0.6) is 0 Å². The smallest absolute Gasteiger partial charge is 0.258 e. The number of anilines is 1. The zero-order chi connectivity index (χ0) is 16.1. The number of amides is 1. The van der Waals surface area contributed by atoms with E-state index in [-0.39, 0.29) is 5.91 Å². The Balaban J connectivity index is 1.75. The van der Waals surface area contributed by atoms with Crippen LogP contribution in [0.25, 0.3) is 0 Å². The normalized spacial score (nSPS) is 10.5. The highest BCUT2D eigenvalue weighted by Crippen LogP contribution is 2.12. The monoisotopic (exact) mass is 307 g/mol. The van der Waals surface area contributed by atoms with Gasteiger partial charge in [-0.1, -0.05) is 30.3 Å². The molecule has 6 nitrogen and oxygen atoms in total. The van der Waals surface area contributed by atoms with Gasteiger partial charge in [-0.2, -0.15) is 5.10 Å². The van der Waals surface area contributed by atoms with Crippen LogP contribution in [0.3, 0.4) is 0 Å². The summed E-state index contributed by atoms with van der Waals surface area (Å²) in [6, 6.07) is 13.4. The topological polar surface area (TPSA) is 85.8 Å². The summed E-state index contributed by atoms with van der Waals surface area (Å²) >= 11 is 0. The molecule has 0 saturated heterocycles. The van der Waals surface area contributed by atoms with E-state index >= 15 is 0 Å². The molecule has 1 aromatic carbocycles. The fraction of sp³-hybridized carbons (Fsp3) is 0.118. The fourth-order valence-corrected chi connectivity index (χ4v) is 2.23. The molecule has 116 valence electrons. The molecule has 2 aromatic heterocycles. The van der Waals surface area contributed by atoms with Crippen molar-refractivity contribution >= 4 is 11.7 Å². The lowest BCUT2D eigenvalue weighted by Crippen LogP contribution is -2.17. The Bertz CT molecular complexity index is 798. The van der Waals surface area contributed by atoms with Gasteiger partial charge in [0.15, 0.2) is 0 Å². The number of hydrogen-bond acceptors (Lipinski definition) is 4. The van der Waals surface area contributed by atoms with Gasteiger partial charge in [0.2, 0.25) is 0 Å². The van der Waals surface area contributed by atoms with Gasteiger partial charge in [0.25, 0.3) is 5.91 Å². The maximum absolute atomic E-state index is 12.4. The predicted octanol–water partition coefficient (Wildman–Crippen LogP) is 2.04. The average Bonchev–Trinajstić information content (AvgIpc) is 3.02. The number of carbonyl (C=O) groups is 1. The predicted molar refractivity (Wildman–Crippen MR) is 87.9 cm³/mol. The minimum atomic E-state index is -0.234. The summed E-state index contributed by atoms with van der Waals surface area (Å²) in [5.74, 6) is 0.402.